The number of nitrogens with zero attached hydrogens (tertiary/aromatic N) is 1. The number of carboxylic acid groups (broad SMARTS) is 1. The second kappa shape index (κ2) is 7.73. The summed E-state index contributed by atoms with van der Waals surface area (Å²) in [7, 11) is 0. The first-order chi connectivity index (χ1) is 14.0. The van der Waals surface area contributed by atoms with Crippen molar-refractivity contribution in [3.63, 3.8) is 0 Å². The van der Waals surface area contributed by atoms with Gasteiger partial charge in [0.2, 0.25) is 5.91 Å². The van der Waals surface area contributed by atoms with Crippen LogP contribution in [-0.4, -0.2) is 46.9 Å². The summed E-state index contributed by atoms with van der Waals surface area (Å²) in [6, 6.07) is 11.8. The number of amides is 2. The minimum Gasteiger partial charge on any atom is -0.481 e. The van der Waals surface area contributed by atoms with Crippen LogP contribution in [0.25, 0.3) is 0 Å². The number of carbonyl (C=O) groups excluding carboxylic acids is 2. The van der Waals surface area contributed by atoms with E-state index in [1.807, 2.05) is 30.3 Å². The van der Waals surface area contributed by atoms with Gasteiger partial charge in [-0.15, -0.1) is 0 Å². The van der Waals surface area contributed by atoms with E-state index in [-0.39, 0.29) is 24.1 Å². The zero-order valence-electron chi connectivity index (χ0n) is 16.0. The fourth-order valence-electron chi connectivity index (χ4n) is 4.71. The lowest BCUT2D eigenvalue weighted by Gasteiger charge is -2.26. The molecule has 1 aromatic heterocycles. The SMILES string of the molecule is O=C(NC(Cc1ccccc1)C(=O)N1C[C@@H]2CCC[C@@]2(C(=O)O)C1)c1ccco1. The fraction of sp³-hybridized carbons (Fsp3) is 0.409. The van der Waals surface area contributed by atoms with Gasteiger partial charge in [-0.1, -0.05) is 36.8 Å². The van der Waals surface area contributed by atoms with Crippen molar-refractivity contribution >= 4 is 17.8 Å². The lowest BCUT2D eigenvalue weighted by Crippen LogP contribution is -2.50. The van der Waals surface area contributed by atoms with Crippen molar-refractivity contribution in [3.05, 3.63) is 60.1 Å². The average molecular weight is 396 g/mol. The highest BCUT2D eigenvalue weighted by atomic mass is 16.4. The van der Waals surface area contributed by atoms with E-state index in [0.29, 0.717) is 19.4 Å². The summed E-state index contributed by atoms with van der Waals surface area (Å²) < 4.78 is 5.15. The number of hydrogen-bond acceptors (Lipinski definition) is 4. The highest BCUT2D eigenvalue weighted by Gasteiger charge is 2.56. The van der Waals surface area contributed by atoms with E-state index < -0.39 is 23.3 Å². The van der Waals surface area contributed by atoms with Crippen molar-refractivity contribution in [3.8, 4) is 0 Å². The Balaban J connectivity index is 1.54. The van der Waals surface area contributed by atoms with Crippen LogP contribution in [0.5, 0.6) is 0 Å². The number of carbonyl (C=O) groups is 3. The van der Waals surface area contributed by atoms with Crippen LogP contribution < -0.4 is 5.32 Å². The van der Waals surface area contributed by atoms with Crippen LogP contribution in [0.2, 0.25) is 0 Å². The third-order valence-corrected chi connectivity index (χ3v) is 6.24. The smallest absolute Gasteiger partial charge is 0.311 e. The zero-order chi connectivity index (χ0) is 20.4. The number of hydrogen-bond donors (Lipinski definition) is 2. The Labute approximate surface area is 168 Å². The maximum absolute atomic E-state index is 13.3. The fourth-order valence-corrected chi connectivity index (χ4v) is 4.71. The minimum absolute atomic E-state index is 0.0258. The van der Waals surface area contributed by atoms with Crippen LogP contribution >= 0.6 is 0 Å². The first kappa shape index (κ1) is 19.2. The Morgan fingerprint density at radius 3 is 2.66 bits per heavy atom. The summed E-state index contributed by atoms with van der Waals surface area (Å²) in [4.78, 5) is 39.4. The number of benzene rings is 1. The number of rotatable bonds is 6. The van der Waals surface area contributed by atoms with Crippen molar-refractivity contribution in [2.24, 2.45) is 11.3 Å². The highest BCUT2D eigenvalue weighted by molar-refractivity contribution is 5.96. The van der Waals surface area contributed by atoms with Gasteiger partial charge in [0.15, 0.2) is 5.76 Å². The predicted molar refractivity (Wildman–Crippen MR) is 104 cm³/mol. The van der Waals surface area contributed by atoms with Gasteiger partial charge in [0.05, 0.1) is 11.7 Å². The maximum Gasteiger partial charge on any atom is 0.311 e. The molecule has 1 aromatic carbocycles. The molecule has 152 valence electrons. The summed E-state index contributed by atoms with van der Waals surface area (Å²) in [5, 5.41) is 12.6. The summed E-state index contributed by atoms with van der Waals surface area (Å²) in [5.74, 6) is -1.42. The minimum atomic E-state index is -0.849. The molecule has 0 bridgehead atoms. The monoisotopic (exact) mass is 396 g/mol. The summed E-state index contributed by atoms with van der Waals surface area (Å²) >= 11 is 0. The van der Waals surface area contributed by atoms with Crippen molar-refractivity contribution < 1.29 is 23.9 Å². The lowest BCUT2D eigenvalue weighted by molar-refractivity contribution is -0.149. The van der Waals surface area contributed by atoms with Crippen LogP contribution in [0.1, 0.15) is 35.4 Å². The number of carboxylic acids is 1. The van der Waals surface area contributed by atoms with Gasteiger partial charge in [-0.25, -0.2) is 0 Å². The molecule has 2 heterocycles. The molecule has 0 radical (unpaired) electrons. The molecule has 1 aliphatic heterocycles. The van der Waals surface area contributed by atoms with E-state index in [1.165, 1.54) is 6.26 Å². The molecule has 2 N–H and O–H groups in total. The molecule has 2 aliphatic rings. The van der Waals surface area contributed by atoms with Gasteiger partial charge in [-0.2, -0.15) is 0 Å². The summed E-state index contributed by atoms with van der Waals surface area (Å²) in [5.41, 5.74) is 0.0655. The number of fused-ring (bicyclic) bond motifs is 1. The molecule has 0 spiro atoms. The van der Waals surface area contributed by atoms with Crippen LogP contribution in [0.15, 0.2) is 53.1 Å². The Morgan fingerprint density at radius 2 is 2.00 bits per heavy atom. The van der Waals surface area contributed by atoms with Crippen LogP contribution in [0.3, 0.4) is 0 Å². The number of likely N-dealkylation sites (tertiary alicyclic amines) is 1. The Hall–Kier alpha value is -3.09. The molecular formula is C22H24N2O5. The molecule has 2 aromatic rings. The van der Waals surface area contributed by atoms with Gasteiger partial charge in [0.1, 0.15) is 6.04 Å². The van der Waals surface area contributed by atoms with E-state index in [0.717, 1.165) is 18.4 Å². The normalized spacial score (nSPS) is 24.1. The highest BCUT2D eigenvalue weighted by Crippen LogP contribution is 2.49. The van der Waals surface area contributed by atoms with Crippen molar-refractivity contribution in [1.29, 1.82) is 0 Å². The second-order valence-electron chi connectivity index (χ2n) is 7.96. The first-order valence-electron chi connectivity index (χ1n) is 9.90. The molecule has 2 amide bonds. The molecule has 7 nitrogen and oxygen atoms in total. The first-order valence-corrected chi connectivity index (χ1v) is 9.90. The molecule has 1 aliphatic carbocycles. The van der Waals surface area contributed by atoms with Gasteiger partial charge >= 0.3 is 5.97 Å². The Bertz CT molecular complexity index is 895. The molecule has 7 heteroatoms. The average Bonchev–Trinajstić information content (AvgIpc) is 3.43. The maximum atomic E-state index is 13.3. The van der Waals surface area contributed by atoms with E-state index in [1.54, 1.807) is 17.0 Å². The molecule has 2 fully saturated rings. The molecule has 29 heavy (non-hydrogen) atoms. The van der Waals surface area contributed by atoms with E-state index in [2.05, 4.69) is 5.32 Å². The van der Waals surface area contributed by atoms with E-state index in [4.69, 9.17) is 4.42 Å². The van der Waals surface area contributed by atoms with Crippen molar-refractivity contribution in [2.75, 3.05) is 13.1 Å². The molecule has 4 rings (SSSR count). The van der Waals surface area contributed by atoms with Gasteiger partial charge in [0, 0.05) is 19.5 Å². The topological polar surface area (TPSA) is 99.9 Å². The summed E-state index contributed by atoms with van der Waals surface area (Å²) in [6.07, 6.45) is 4.02. The Kier molecular flexibility index (Phi) is 5.13. The third kappa shape index (κ3) is 3.64. The van der Waals surface area contributed by atoms with Gasteiger partial charge in [-0.3, -0.25) is 14.4 Å². The number of nitrogens with one attached hydrogen (secondary N) is 1. The van der Waals surface area contributed by atoms with E-state index in [9.17, 15) is 19.5 Å². The Morgan fingerprint density at radius 1 is 1.21 bits per heavy atom. The second-order valence-corrected chi connectivity index (χ2v) is 7.96. The molecule has 1 saturated carbocycles. The molecule has 1 unspecified atom stereocenters. The van der Waals surface area contributed by atoms with Crippen LogP contribution in [-0.2, 0) is 16.0 Å². The van der Waals surface area contributed by atoms with Crippen LogP contribution in [0.4, 0.5) is 0 Å². The predicted octanol–water partition coefficient (Wildman–Crippen LogP) is 2.33. The molecule has 3 atom stereocenters. The standard InChI is InChI=1S/C22H24N2O5/c25-19(18-9-5-11-29-18)23-17(12-15-6-2-1-3-7-15)20(26)24-13-16-8-4-10-22(16,14-24)21(27)28/h1-3,5-7,9,11,16-17H,4,8,10,12-14H2,(H,23,25)(H,27,28)/t16-,17?,22+/m0/s1. The third-order valence-electron chi connectivity index (χ3n) is 6.24. The number of aliphatic carboxylic acids is 1. The molecular weight excluding hydrogens is 372 g/mol. The molecule has 1 saturated heterocycles. The van der Waals surface area contributed by atoms with Crippen molar-refractivity contribution in [2.45, 2.75) is 31.7 Å². The largest absolute Gasteiger partial charge is 0.481 e. The van der Waals surface area contributed by atoms with Gasteiger partial charge < -0.3 is 19.7 Å². The lowest BCUT2D eigenvalue weighted by atomic mass is 9.81. The van der Waals surface area contributed by atoms with Crippen LogP contribution in [0, 0.1) is 11.3 Å². The summed E-state index contributed by atoms with van der Waals surface area (Å²) in [6.45, 7) is 0.626. The van der Waals surface area contributed by atoms with E-state index >= 15 is 0 Å². The number of furan rings is 1. The van der Waals surface area contributed by atoms with Gasteiger partial charge in [-0.05, 0) is 36.5 Å². The zero-order valence-corrected chi connectivity index (χ0v) is 16.0. The quantitative estimate of drug-likeness (QED) is 0.781. The van der Waals surface area contributed by atoms with Gasteiger partial charge in [0.25, 0.3) is 5.91 Å². The van der Waals surface area contributed by atoms with Crippen molar-refractivity contribution in [1.82, 2.24) is 10.2 Å².